The summed E-state index contributed by atoms with van der Waals surface area (Å²) in [6.07, 6.45) is 2.71. The normalized spacial score (nSPS) is 11.4. The van der Waals surface area contributed by atoms with Crippen LogP contribution in [-0.4, -0.2) is 24.6 Å². The monoisotopic (exact) mass is 239 g/mol. The van der Waals surface area contributed by atoms with Crippen molar-refractivity contribution >= 4 is 11.9 Å². The van der Waals surface area contributed by atoms with Crippen LogP contribution >= 0.6 is 0 Å². The van der Waals surface area contributed by atoms with Crippen molar-refractivity contribution in [3.8, 4) is 0 Å². The smallest absolute Gasteiger partial charge is 0.550 e. The fourth-order valence-electron chi connectivity index (χ4n) is 1.02. The Morgan fingerprint density at radius 1 is 1.38 bits per heavy atom. The van der Waals surface area contributed by atoms with E-state index >= 15 is 0 Å². The number of hydrogen-bond acceptors (Lipinski definition) is 5. The zero-order valence-corrected chi connectivity index (χ0v) is 12.0. The summed E-state index contributed by atoms with van der Waals surface area (Å²) >= 11 is 0. The first-order valence-electron chi connectivity index (χ1n) is 5.20. The van der Waals surface area contributed by atoms with Crippen LogP contribution < -0.4 is 40.4 Å². The molecule has 5 nitrogen and oxygen atoms in total. The van der Waals surface area contributed by atoms with E-state index < -0.39 is 18.0 Å². The molecule has 0 amide bonds. The number of esters is 1. The number of hydrogen-bond donors (Lipinski definition) is 1. The summed E-state index contributed by atoms with van der Waals surface area (Å²) in [6.45, 7) is 2.40. The molecule has 0 aromatic carbocycles. The van der Waals surface area contributed by atoms with Crippen molar-refractivity contribution in [3.05, 3.63) is 0 Å². The third kappa shape index (κ3) is 10.4. The van der Waals surface area contributed by atoms with Crippen LogP contribution in [-0.2, 0) is 14.3 Å². The molecule has 2 N–H and O–H groups in total. The molecule has 1 unspecified atom stereocenters. The van der Waals surface area contributed by atoms with Crippen molar-refractivity contribution in [2.45, 2.75) is 45.1 Å². The molecule has 0 aliphatic rings. The van der Waals surface area contributed by atoms with Crippen LogP contribution in [0.5, 0.6) is 0 Å². The van der Waals surface area contributed by atoms with Gasteiger partial charge in [-0.1, -0.05) is 19.8 Å². The predicted octanol–water partition coefficient (Wildman–Crippen LogP) is -3.42. The third-order valence-corrected chi connectivity index (χ3v) is 1.95. The van der Waals surface area contributed by atoms with E-state index in [-0.39, 0.29) is 42.4 Å². The average Bonchev–Trinajstić information content (AvgIpc) is 2.20. The van der Waals surface area contributed by atoms with Crippen LogP contribution in [0.1, 0.15) is 39.0 Å². The van der Waals surface area contributed by atoms with E-state index in [1.165, 1.54) is 0 Å². The van der Waals surface area contributed by atoms with Gasteiger partial charge in [-0.3, -0.25) is 4.79 Å². The molecule has 0 aromatic heterocycles. The van der Waals surface area contributed by atoms with Crippen molar-refractivity contribution in [1.82, 2.24) is 0 Å². The molecular formula is C10H18NNaO4. The van der Waals surface area contributed by atoms with Crippen LogP contribution in [0.25, 0.3) is 0 Å². The fourth-order valence-corrected chi connectivity index (χ4v) is 1.02. The number of nitrogens with two attached hydrogens (primary N) is 1. The van der Waals surface area contributed by atoms with E-state index in [0.717, 1.165) is 19.3 Å². The van der Waals surface area contributed by atoms with Gasteiger partial charge in [0.2, 0.25) is 0 Å². The Kier molecular flexibility index (Phi) is 13.0. The Hall–Kier alpha value is -0.100. The summed E-state index contributed by atoms with van der Waals surface area (Å²) in [5.41, 5.74) is 5.41. The maximum Gasteiger partial charge on any atom is 1.00 e. The molecule has 1 atom stereocenters. The molecule has 0 bridgehead atoms. The van der Waals surface area contributed by atoms with E-state index in [0.29, 0.717) is 6.61 Å². The summed E-state index contributed by atoms with van der Waals surface area (Å²) < 4.78 is 4.86. The van der Waals surface area contributed by atoms with Gasteiger partial charge in [-0.2, -0.15) is 0 Å². The van der Waals surface area contributed by atoms with Gasteiger partial charge in [0.15, 0.2) is 0 Å². The van der Waals surface area contributed by atoms with Gasteiger partial charge in [0.25, 0.3) is 0 Å². The molecule has 88 valence electrons. The van der Waals surface area contributed by atoms with Gasteiger partial charge < -0.3 is 20.4 Å². The molecule has 0 aliphatic carbocycles. The minimum absolute atomic E-state index is 0. The number of carbonyl (C=O) groups is 2. The van der Waals surface area contributed by atoms with E-state index in [9.17, 15) is 14.7 Å². The number of rotatable bonds is 8. The van der Waals surface area contributed by atoms with E-state index in [1.54, 1.807) is 0 Å². The van der Waals surface area contributed by atoms with Crippen LogP contribution in [0.3, 0.4) is 0 Å². The van der Waals surface area contributed by atoms with Gasteiger partial charge in [-0.05, 0) is 19.3 Å². The molecule has 0 saturated carbocycles. The molecular weight excluding hydrogens is 221 g/mol. The van der Waals surface area contributed by atoms with Crippen molar-refractivity contribution in [1.29, 1.82) is 0 Å². The summed E-state index contributed by atoms with van der Waals surface area (Å²) in [7, 11) is 0. The van der Waals surface area contributed by atoms with Gasteiger partial charge in [0.1, 0.15) is 6.04 Å². The fraction of sp³-hybridized carbons (Fsp3) is 0.800. The number of ether oxygens (including phenoxy) is 1. The second kappa shape index (κ2) is 11.4. The molecule has 0 radical (unpaired) electrons. The first-order chi connectivity index (χ1) is 7.07. The van der Waals surface area contributed by atoms with Gasteiger partial charge in [-0.15, -0.1) is 0 Å². The number of carbonyl (C=O) groups excluding carboxylic acids is 2. The molecule has 16 heavy (non-hydrogen) atoms. The molecule has 6 heteroatoms. The molecule has 0 fully saturated rings. The summed E-state index contributed by atoms with van der Waals surface area (Å²) in [6, 6.07) is -0.857. The van der Waals surface area contributed by atoms with Crippen molar-refractivity contribution in [2.24, 2.45) is 5.73 Å². The third-order valence-electron chi connectivity index (χ3n) is 1.95. The van der Waals surface area contributed by atoms with Crippen LogP contribution in [0.4, 0.5) is 0 Å². The maximum absolute atomic E-state index is 11.2. The molecule has 0 saturated heterocycles. The Labute approximate surface area is 118 Å². The molecule has 0 rings (SSSR count). The summed E-state index contributed by atoms with van der Waals surface area (Å²) in [5, 5.41) is 10.1. The molecule has 0 aromatic rings. The Bertz CT molecular complexity index is 211. The van der Waals surface area contributed by atoms with E-state index in [4.69, 9.17) is 10.5 Å². The standard InChI is InChI=1S/C10H19NO4.Na/c1-2-3-4-7-15-10(14)8(11)5-6-9(12)13;/h8H,2-7,11H2,1H3,(H,12,13);/q;+1/p-1. The minimum atomic E-state index is -1.20. The Balaban J connectivity index is 0. The Morgan fingerprint density at radius 2 is 2.00 bits per heavy atom. The maximum atomic E-state index is 11.2. The second-order valence-electron chi connectivity index (χ2n) is 3.39. The SMILES string of the molecule is CCCCCOC(=O)C(N)CCC(=O)[O-].[Na+]. The second-order valence-corrected chi connectivity index (χ2v) is 3.39. The van der Waals surface area contributed by atoms with Crippen LogP contribution in [0.15, 0.2) is 0 Å². The largest absolute Gasteiger partial charge is 1.00 e. The van der Waals surface area contributed by atoms with Crippen molar-refractivity contribution in [3.63, 3.8) is 0 Å². The predicted molar refractivity (Wildman–Crippen MR) is 52.7 cm³/mol. The van der Waals surface area contributed by atoms with Crippen LogP contribution in [0.2, 0.25) is 0 Å². The van der Waals surface area contributed by atoms with Gasteiger partial charge in [0.05, 0.1) is 6.61 Å². The first kappa shape index (κ1) is 18.3. The minimum Gasteiger partial charge on any atom is -0.550 e. The Morgan fingerprint density at radius 3 is 2.50 bits per heavy atom. The zero-order valence-electron chi connectivity index (χ0n) is 10.0. The number of carboxylic acids is 1. The summed E-state index contributed by atoms with van der Waals surface area (Å²) in [5.74, 6) is -1.74. The van der Waals surface area contributed by atoms with Gasteiger partial charge in [0, 0.05) is 5.97 Å². The van der Waals surface area contributed by atoms with E-state index in [1.807, 2.05) is 6.92 Å². The topological polar surface area (TPSA) is 92.5 Å². The van der Waals surface area contributed by atoms with Crippen molar-refractivity contribution < 1.29 is 49.0 Å². The number of aliphatic carboxylic acids is 1. The molecule has 0 spiro atoms. The average molecular weight is 239 g/mol. The molecule has 0 heterocycles. The van der Waals surface area contributed by atoms with Gasteiger partial charge >= 0.3 is 35.5 Å². The molecule has 0 aliphatic heterocycles. The zero-order chi connectivity index (χ0) is 11.7. The number of unbranched alkanes of at least 4 members (excludes halogenated alkanes) is 2. The summed E-state index contributed by atoms with van der Waals surface area (Å²) in [4.78, 5) is 21.3. The van der Waals surface area contributed by atoms with Crippen molar-refractivity contribution in [2.75, 3.05) is 6.61 Å². The quantitative estimate of drug-likeness (QED) is 0.270. The first-order valence-corrected chi connectivity index (χ1v) is 5.20. The van der Waals surface area contributed by atoms with Gasteiger partial charge in [-0.25, -0.2) is 0 Å². The van der Waals surface area contributed by atoms with Crippen LogP contribution in [0, 0.1) is 0 Å². The number of carboxylic acid groups (broad SMARTS) is 1. The van der Waals surface area contributed by atoms with E-state index in [2.05, 4.69) is 0 Å².